The maximum absolute atomic E-state index is 14.1. The SMILES string of the molecule is COc1c(F)c(F)c(C(=O)NC(=S)Nc2ccc3oc(-c4ccccc4F)nc3c2)c(F)c1F. The quantitative estimate of drug-likeness (QED) is 0.228. The summed E-state index contributed by atoms with van der Waals surface area (Å²) in [6, 6.07) is 10.3. The fourth-order valence-corrected chi connectivity index (χ4v) is 3.28. The highest BCUT2D eigenvalue weighted by Gasteiger charge is 2.30. The van der Waals surface area contributed by atoms with Crippen molar-refractivity contribution < 1.29 is 35.9 Å². The lowest BCUT2D eigenvalue weighted by atomic mass is 10.1. The minimum Gasteiger partial charge on any atom is -0.491 e. The van der Waals surface area contributed by atoms with Crippen molar-refractivity contribution in [1.82, 2.24) is 10.3 Å². The molecule has 0 atom stereocenters. The molecule has 4 rings (SSSR count). The molecule has 0 unspecified atom stereocenters. The highest BCUT2D eigenvalue weighted by atomic mass is 32.1. The van der Waals surface area contributed by atoms with Gasteiger partial charge in [0, 0.05) is 5.69 Å². The molecular weight excluding hydrogens is 481 g/mol. The number of hydrogen-bond acceptors (Lipinski definition) is 5. The zero-order valence-corrected chi connectivity index (χ0v) is 17.8. The lowest BCUT2D eigenvalue weighted by Crippen LogP contribution is -2.35. The third-order valence-corrected chi connectivity index (χ3v) is 4.84. The van der Waals surface area contributed by atoms with E-state index in [1.807, 2.05) is 5.32 Å². The second-order valence-corrected chi connectivity index (χ2v) is 7.16. The van der Waals surface area contributed by atoms with Crippen molar-refractivity contribution in [3.8, 4) is 17.2 Å². The van der Waals surface area contributed by atoms with Crippen molar-refractivity contribution in [1.29, 1.82) is 0 Å². The Hall–Kier alpha value is -4.06. The second kappa shape index (κ2) is 9.06. The van der Waals surface area contributed by atoms with Crippen molar-refractivity contribution >= 4 is 40.0 Å². The molecule has 0 aliphatic heterocycles. The molecule has 1 amide bonds. The van der Waals surface area contributed by atoms with E-state index in [0.29, 0.717) is 11.1 Å². The number of ether oxygens (including phenoxy) is 1. The average Bonchev–Trinajstić information content (AvgIpc) is 3.21. The number of carbonyl (C=O) groups excluding carboxylic acids is 1. The van der Waals surface area contributed by atoms with E-state index in [1.165, 1.54) is 36.4 Å². The molecule has 0 saturated heterocycles. The van der Waals surface area contributed by atoms with Crippen LogP contribution in [-0.2, 0) is 0 Å². The van der Waals surface area contributed by atoms with Gasteiger partial charge in [-0.2, -0.15) is 8.78 Å². The minimum atomic E-state index is -1.94. The Balaban J connectivity index is 1.54. The Kier molecular flexibility index (Phi) is 6.16. The van der Waals surface area contributed by atoms with E-state index < -0.39 is 51.4 Å². The second-order valence-electron chi connectivity index (χ2n) is 6.75. The number of fused-ring (bicyclic) bond motifs is 1. The summed E-state index contributed by atoms with van der Waals surface area (Å²) >= 11 is 4.94. The summed E-state index contributed by atoms with van der Waals surface area (Å²) in [5, 5.41) is 4.08. The van der Waals surface area contributed by atoms with Crippen LogP contribution in [-0.4, -0.2) is 23.1 Å². The topological polar surface area (TPSA) is 76.4 Å². The van der Waals surface area contributed by atoms with Gasteiger partial charge in [-0.15, -0.1) is 0 Å². The van der Waals surface area contributed by atoms with Crippen molar-refractivity contribution in [2.24, 2.45) is 0 Å². The smallest absolute Gasteiger partial charge is 0.263 e. The first-order valence-corrected chi connectivity index (χ1v) is 9.79. The zero-order chi connectivity index (χ0) is 24.6. The van der Waals surface area contributed by atoms with Crippen LogP contribution >= 0.6 is 12.2 Å². The summed E-state index contributed by atoms with van der Waals surface area (Å²) < 4.78 is 79.8. The molecular formula is C22H12F5N3O3S. The summed E-state index contributed by atoms with van der Waals surface area (Å²) in [6.45, 7) is 0. The molecule has 34 heavy (non-hydrogen) atoms. The predicted molar refractivity (Wildman–Crippen MR) is 116 cm³/mol. The van der Waals surface area contributed by atoms with Crippen LogP contribution in [0.3, 0.4) is 0 Å². The minimum absolute atomic E-state index is 0.0376. The first-order chi connectivity index (χ1) is 16.2. The number of rotatable bonds is 4. The summed E-state index contributed by atoms with van der Waals surface area (Å²) in [4.78, 5) is 16.4. The third kappa shape index (κ3) is 4.15. The van der Waals surface area contributed by atoms with Gasteiger partial charge in [-0.25, -0.2) is 18.2 Å². The highest BCUT2D eigenvalue weighted by Crippen LogP contribution is 2.30. The molecule has 0 aliphatic carbocycles. The van der Waals surface area contributed by atoms with Gasteiger partial charge in [0.2, 0.25) is 17.5 Å². The fraction of sp³-hybridized carbons (Fsp3) is 0.0455. The molecule has 0 aliphatic rings. The van der Waals surface area contributed by atoms with Crippen LogP contribution in [0.25, 0.3) is 22.6 Å². The standard InChI is InChI=1S/C22H12F5N3O3S/c1-32-19-17(26)15(24)14(16(25)18(19)27)20(31)30-22(34)28-9-6-7-13-12(8-9)29-21(33-13)10-4-2-3-5-11(10)23/h2-8H,1H3,(H2,28,30,31,34). The fourth-order valence-electron chi connectivity index (χ4n) is 3.07. The summed E-state index contributed by atoms with van der Waals surface area (Å²) in [6.07, 6.45) is 0. The third-order valence-electron chi connectivity index (χ3n) is 4.63. The lowest BCUT2D eigenvalue weighted by Gasteiger charge is -2.12. The highest BCUT2D eigenvalue weighted by molar-refractivity contribution is 7.80. The number of oxazole rings is 1. The number of nitrogens with one attached hydrogen (secondary N) is 2. The largest absolute Gasteiger partial charge is 0.491 e. The van der Waals surface area contributed by atoms with Crippen LogP contribution in [0.15, 0.2) is 46.9 Å². The van der Waals surface area contributed by atoms with Crippen molar-refractivity contribution in [3.63, 3.8) is 0 Å². The van der Waals surface area contributed by atoms with E-state index in [4.69, 9.17) is 16.6 Å². The Bertz CT molecular complexity index is 1430. The van der Waals surface area contributed by atoms with Crippen LogP contribution in [0, 0.1) is 29.1 Å². The molecule has 0 bridgehead atoms. The first kappa shape index (κ1) is 23.1. The van der Waals surface area contributed by atoms with E-state index in [-0.39, 0.29) is 17.1 Å². The van der Waals surface area contributed by atoms with Gasteiger partial charge >= 0.3 is 0 Å². The zero-order valence-electron chi connectivity index (χ0n) is 17.0. The normalized spacial score (nSPS) is 10.9. The van der Waals surface area contributed by atoms with Crippen LogP contribution < -0.4 is 15.4 Å². The van der Waals surface area contributed by atoms with Crippen LogP contribution in [0.1, 0.15) is 10.4 Å². The molecule has 1 heterocycles. The molecule has 0 spiro atoms. The van der Waals surface area contributed by atoms with Crippen molar-refractivity contribution in [3.05, 3.63) is 77.1 Å². The van der Waals surface area contributed by atoms with Gasteiger partial charge in [-0.05, 0) is 42.5 Å². The number of halogens is 5. The number of hydrogen-bond donors (Lipinski definition) is 2. The van der Waals surface area contributed by atoms with Gasteiger partial charge in [-0.3, -0.25) is 10.1 Å². The Morgan fingerprint density at radius 3 is 2.32 bits per heavy atom. The molecule has 174 valence electrons. The molecule has 0 fully saturated rings. The van der Waals surface area contributed by atoms with Gasteiger partial charge in [0.05, 0.1) is 12.7 Å². The number of benzene rings is 3. The molecule has 2 N–H and O–H groups in total. The maximum atomic E-state index is 14.1. The molecule has 3 aromatic carbocycles. The van der Waals surface area contributed by atoms with Crippen molar-refractivity contribution in [2.75, 3.05) is 12.4 Å². The predicted octanol–water partition coefficient (Wildman–Crippen LogP) is 5.33. The number of anilines is 1. The van der Waals surface area contributed by atoms with E-state index in [9.17, 15) is 26.7 Å². The summed E-state index contributed by atoms with van der Waals surface area (Å²) in [5.74, 6) is -10.9. The van der Waals surface area contributed by atoms with Crippen LogP contribution in [0.4, 0.5) is 27.6 Å². The number of amides is 1. The first-order valence-electron chi connectivity index (χ1n) is 9.39. The molecule has 12 heteroatoms. The Morgan fingerprint density at radius 2 is 1.68 bits per heavy atom. The van der Waals surface area contributed by atoms with Gasteiger partial charge < -0.3 is 14.5 Å². The molecule has 0 radical (unpaired) electrons. The van der Waals surface area contributed by atoms with E-state index in [0.717, 1.165) is 7.11 Å². The Labute approximate surface area is 193 Å². The van der Waals surface area contributed by atoms with E-state index in [2.05, 4.69) is 15.0 Å². The summed E-state index contributed by atoms with van der Waals surface area (Å²) in [7, 11) is 0.810. The van der Waals surface area contributed by atoms with Crippen LogP contribution in [0.5, 0.6) is 5.75 Å². The number of methoxy groups -OCH3 is 1. The van der Waals surface area contributed by atoms with E-state index in [1.54, 1.807) is 6.07 Å². The number of aromatic nitrogens is 1. The monoisotopic (exact) mass is 493 g/mol. The maximum Gasteiger partial charge on any atom is 0.263 e. The lowest BCUT2D eigenvalue weighted by molar-refractivity contribution is 0.0966. The molecule has 4 aromatic rings. The number of thiocarbonyl (C=S) groups is 1. The van der Waals surface area contributed by atoms with Gasteiger partial charge in [0.15, 0.2) is 28.1 Å². The van der Waals surface area contributed by atoms with Gasteiger partial charge in [0.25, 0.3) is 5.91 Å². The Morgan fingerprint density at radius 1 is 1.00 bits per heavy atom. The molecule has 1 aromatic heterocycles. The van der Waals surface area contributed by atoms with Gasteiger partial charge in [-0.1, -0.05) is 12.1 Å². The molecule has 6 nitrogen and oxygen atoms in total. The molecule has 0 saturated carbocycles. The number of nitrogens with zero attached hydrogens (tertiary/aromatic N) is 1. The number of carbonyl (C=O) groups is 1. The van der Waals surface area contributed by atoms with Crippen molar-refractivity contribution in [2.45, 2.75) is 0 Å². The average molecular weight is 493 g/mol. The van der Waals surface area contributed by atoms with E-state index >= 15 is 0 Å². The van der Waals surface area contributed by atoms with Crippen LogP contribution in [0.2, 0.25) is 0 Å². The summed E-state index contributed by atoms with van der Waals surface area (Å²) in [5.41, 5.74) is -0.444. The van der Waals surface area contributed by atoms with Gasteiger partial charge in [0.1, 0.15) is 16.9 Å².